The van der Waals surface area contributed by atoms with Gasteiger partial charge in [-0.2, -0.15) is 0 Å². The maximum atomic E-state index is 2.51. The van der Waals surface area contributed by atoms with E-state index in [1.165, 1.54) is 206 Å². The highest BCUT2D eigenvalue weighted by molar-refractivity contribution is 7.20. The van der Waals surface area contributed by atoms with Crippen molar-refractivity contribution in [3.8, 4) is 67.3 Å². The van der Waals surface area contributed by atoms with Crippen molar-refractivity contribution in [3.63, 3.8) is 0 Å². The van der Waals surface area contributed by atoms with Crippen LogP contribution in [0.25, 0.3) is 176 Å². The minimum atomic E-state index is -2.75. The number of hydrogen-bond donors (Lipinski definition) is 0. The van der Waals surface area contributed by atoms with Gasteiger partial charge in [0.25, 0.3) is 0 Å². The average Bonchev–Trinajstić information content (AvgIpc) is 1.30. The van der Waals surface area contributed by atoms with Crippen molar-refractivity contribution < 1.29 is 0 Å². The summed E-state index contributed by atoms with van der Waals surface area (Å²) in [6.07, 6.45) is 0. The molecular weight excluding hydrogens is 1650 g/mol. The number of hydrogen-bond acceptors (Lipinski definition) is 0. The smallest absolute Gasteiger partial charge is 0.179 e. The van der Waals surface area contributed by atoms with E-state index in [1.54, 1.807) is 0 Å². The van der Waals surface area contributed by atoms with Gasteiger partial charge >= 0.3 is 0 Å². The van der Waals surface area contributed by atoms with Gasteiger partial charge in [0.2, 0.25) is 0 Å². The molecule has 0 aliphatic heterocycles. The Bertz CT molecular complexity index is 8760. The van der Waals surface area contributed by atoms with E-state index in [2.05, 4.69) is 552 Å². The molecule has 0 bridgehead atoms. The molecule has 0 unspecified atom stereocenters. The predicted molar refractivity (Wildman–Crippen MR) is 574 cm³/mol. The summed E-state index contributed by atoms with van der Waals surface area (Å²) in [5.41, 5.74) is 23.9. The van der Waals surface area contributed by atoms with E-state index in [9.17, 15) is 0 Å². The van der Waals surface area contributed by atoms with Crippen molar-refractivity contribution >= 4 is 166 Å². The van der Waals surface area contributed by atoms with Crippen LogP contribution in [0.5, 0.6) is 0 Å². The van der Waals surface area contributed by atoms with E-state index in [-0.39, 0.29) is 0 Å². The highest BCUT2D eigenvalue weighted by Crippen LogP contribution is 2.43. The summed E-state index contributed by atoms with van der Waals surface area (Å²) in [6, 6.07) is 198. The van der Waals surface area contributed by atoms with Crippen LogP contribution in [0.3, 0.4) is 0 Å². The van der Waals surface area contributed by atoms with Crippen LogP contribution in [-0.2, 0) is 0 Å². The molecule has 134 heavy (non-hydrogen) atoms. The molecule has 0 atom stereocenters. The van der Waals surface area contributed by atoms with Crippen LogP contribution in [0.1, 0.15) is 0 Å². The first kappa shape index (κ1) is 79.2. The maximum absolute atomic E-state index is 2.75. The number of nitrogens with zero attached hydrogens (tertiary/aromatic N) is 4. The van der Waals surface area contributed by atoms with E-state index < -0.39 is 16.1 Å². The summed E-state index contributed by atoms with van der Waals surface area (Å²) in [7, 11) is -5.48. The number of aromatic nitrogens is 4. The first-order valence-electron chi connectivity index (χ1n) is 46.3. The largest absolute Gasteiger partial charge is 0.309 e. The molecule has 26 rings (SSSR count). The summed E-state index contributed by atoms with van der Waals surface area (Å²) < 4.78 is 9.75. The van der Waals surface area contributed by atoms with Crippen LogP contribution in [0.15, 0.2) is 534 Å². The Labute approximate surface area is 780 Å². The molecule has 0 amide bonds. The summed E-state index contributed by atoms with van der Waals surface area (Å²) >= 11 is 0. The van der Waals surface area contributed by atoms with Gasteiger partial charge in [0.1, 0.15) is 0 Å². The topological polar surface area (TPSA) is 19.7 Å². The first-order valence-corrected chi connectivity index (χ1v) is 50.3. The predicted octanol–water partition coefficient (Wildman–Crippen LogP) is 27.5. The highest BCUT2D eigenvalue weighted by atomic mass is 28.3. The Morgan fingerprint density at radius 1 is 0.112 bits per heavy atom. The standard InChI is InChI=1S/2C64H44N2Si/c1-5-19-51(20-6-1)65-62-39-34-50(43-60(62)58-38-37-56(44-64(58)65)67(53-21-7-2-8-22-53,54-23-9-3-10-24-54)55-25-11-4-12-26-55)47-31-29-46(30-32-47)49-35-40-63-59(42-49)57-27-15-16-28-61(57)66(63)52-36-33-45-17-13-14-18-48(45)41-52;1-4-20-53(21-5-1)67(54-22-6-2-7-23-54,55-24-8-3-9-25-55)56-26-16-19-51(44-56)65-61-29-14-12-27-57(61)59-42-49(36-39-63(59)65)46-31-33-47(34-32-46)50-37-40-64-60(43-50)58-28-13-15-30-62(58)66(64)52-38-35-45-17-10-11-18-48(45)41-52/h2*1-44H. The Balaban J connectivity index is 0.000000143. The van der Waals surface area contributed by atoms with Crippen LogP contribution in [-0.4, -0.2) is 34.4 Å². The van der Waals surface area contributed by atoms with Crippen molar-refractivity contribution in [3.05, 3.63) is 534 Å². The lowest BCUT2D eigenvalue weighted by Crippen LogP contribution is -2.74. The molecule has 0 aliphatic rings. The minimum absolute atomic E-state index is 1.15. The SMILES string of the molecule is c1ccc(-n2c3ccc(-c4ccc(-c5ccc6c(c5)c5ccccc5n6-c5ccc6ccccc6c5)cc4)cc3c3ccc([Si](c4ccccc4)(c4ccccc4)c4ccccc4)cc32)cc1.c1ccc([Si](c2ccccc2)(c2ccccc2)c2cccc(-n3c4ccccc4c4cc(-c5ccc(-c6ccc7c(c6)c6ccccc6n7-c6ccc7ccccc7c6)cc5)ccc43)c2)cc1. The van der Waals surface area contributed by atoms with E-state index in [4.69, 9.17) is 0 Å². The molecule has 4 heterocycles. The molecule has 0 saturated carbocycles. The number of fused-ring (bicyclic) bond motifs is 14. The zero-order chi connectivity index (χ0) is 88.6. The quantitative estimate of drug-likeness (QED) is 0.0679. The monoisotopic (exact) mass is 1740 g/mol. The third-order valence-electron chi connectivity index (χ3n) is 28.1. The molecule has 0 spiro atoms. The van der Waals surface area contributed by atoms with Gasteiger partial charge in [0.15, 0.2) is 16.1 Å². The van der Waals surface area contributed by atoms with Crippen LogP contribution < -0.4 is 41.5 Å². The Hall–Kier alpha value is -17.0. The third kappa shape index (κ3) is 13.3. The Morgan fingerprint density at radius 2 is 0.351 bits per heavy atom. The van der Waals surface area contributed by atoms with Gasteiger partial charge < -0.3 is 18.3 Å². The second-order valence-electron chi connectivity index (χ2n) is 35.4. The highest BCUT2D eigenvalue weighted by Gasteiger charge is 2.43. The number of rotatable bonds is 16. The van der Waals surface area contributed by atoms with E-state index in [0.29, 0.717) is 0 Å². The van der Waals surface area contributed by atoms with Crippen LogP contribution in [0.2, 0.25) is 0 Å². The van der Waals surface area contributed by atoms with Gasteiger partial charge in [-0.25, -0.2) is 0 Å². The lowest BCUT2D eigenvalue weighted by molar-refractivity contribution is 1.18. The Kier molecular flexibility index (Phi) is 19.6. The minimum Gasteiger partial charge on any atom is -0.309 e. The van der Waals surface area contributed by atoms with Crippen molar-refractivity contribution in [1.29, 1.82) is 0 Å². The van der Waals surface area contributed by atoms with Gasteiger partial charge in [-0.1, -0.05) is 413 Å². The van der Waals surface area contributed by atoms with Gasteiger partial charge in [0.05, 0.1) is 44.1 Å². The lowest BCUT2D eigenvalue weighted by Gasteiger charge is -2.34. The van der Waals surface area contributed by atoms with Crippen LogP contribution in [0, 0.1) is 0 Å². The molecule has 0 radical (unpaired) electrons. The summed E-state index contributed by atoms with van der Waals surface area (Å²) in [4.78, 5) is 0. The molecule has 628 valence electrons. The van der Waals surface area contributed by atoms with Gasteiger partial charge in [-0.05, 0) is 229 Å². The summed E-state index contributed by atoms with van der Waals surface area (Å²) in [6.45, 7) is 0. The zero-order valence-corrected chi connectivity index (χ0v) is 75.6. The second-order valence-corrected chi connectivity index (χ2v) is 43.0. The molecule has 0 N–H and O–H groups in total. The van der Waals surface area contributed by atoms with E-state index in [0.717, 1.165) is 11.4 Å². The molecule has 4 aromatic heterocycles. The van der Waals surface area contributed by atoms with Gasteiger partial charge in [-0.3, -0.25) is 0 Å². The summed E-state index contributed by atoms with van der Waals surface area (Å²) in [5, 5.41) is 25.9. The van der Waals surface area contributed by atoms with Crippen molar-refractivity contribution in [1.82, 2.24) is 18.3 Å². The van der Waals surface area contributed by atoms with Crippen molar-refractivity contribution in [2.45, 2.75) is 0 Å². The normalized spacial score (nSPS) is 11.9. The van der Waals surface area contributed by atoms with Crippen LogP contribution >= 0.6 is 0 Å². The maximum Gasteiger partial charge on any atom is 0.179 e. The zero-order valence-electron chi connectivity index (χ0n) is 73.6. The van der Waals surface area contributed by atoms with Crippen molar-refractivity contribution in [2.75, 3.05) is 0 Å². The van der Waals surface area contributed by atoms with Gasteiger partial charge in [-0.15, -0.1) is 0 Å². The third-order valence-corrected chi connectivity index (χ3v) is 37.6. The molecule has 0 aliphatic carbocycles. The molecule has 4 nitrogen and oxygen atoms in total. The number of benzene rings is 22. The molecule has 6 heteroatoms. The van der Waals surface area contributed by atoms with E-state index >= 15 is 0 Å². The fraction of sp³-hybridized carbons (Fsp3) is 0. The Morgan fingerprint density at radius 3 is 0.687 bits per heavy atom. The van der Waals surface area contributed by atoms with Crippen LogP contribution in [0.4, 0.5) is 0 Å². The molecular formula is C128H88N4Si2. The van der Waals surface area contributed by atoms with E-state index in [1.807, 2.05) is 0 Å². The fourth-order valence-corrected chi connectivity index (χ4v) is 31.5. The molecule has 0 saturated heterocycles. The molecule has 26 aromatic rings. The molecule has 0 fully saturated rings. The first-order chi connectivity index (χ1) is 66.4. The molecule has 22 aromatic carbocycles. The second kappa shape index (κ2) is 33.2. The number of para-hydroxylation sites is 4. The fourth-order valence-electron chi connectivity index (χ4n) is 21.9. The van der Waals surface area contributed by atoms with Gasteiger partial charge in [0, 0.05) is 65.8 Å². The lowest BCUT2D eigenvalue weighted by atomic mass is 9.98. The van der Waals surface area contributed by atoms with Crippen molar-refractivity contribution in [2.24, 2.45) is 0 Å². The average molecular weight is 1740 g/mol. The summed E-state index contributed by atoms with van der Waals surface area (Å²) in [5.74, 6) is 0.